The fraction of sp³-hybridized carbons (Fsp3) is 0.500. The summed E-state index contributed by atoms with van der Waals surface area (Å²) in [6, 6.07) is 19.5. The Morgan fingerprint density at radius 3 is 2.52 bits per heavy atom. The molecule has 0 aliphatic carbocycles. The fourth-order valence-electron chi connectivity index (χ4n) is 4.46. The molecule has 2 aromatic rings. The van der Waals surface area contributed by atoms with Crippen LogP contribution >= 0.6 is 15.9 Å². The lowest BCUT2D eigenvalue weighted by atomic mass is 9.99. The van der Waals surface area contributed by atoms with E-state index in [1.807, 2.05) is 12.3 Å². The van der Waals surface area contributed by atoms with Crippen molar-refractivity contribution in [3.63, 3.8) is 0 Å². The molecule has 3 heteroatoms. The van der Waals surface area contributed by atoms with E-state index in [0.717, 1.165) is 5.92 Å². The van der Waals surface area contributed by atoms with E-state index in [1.165, 1.54) is 53.1 Å². The van der Waals surface area contributed by atoms with Crippen LogP contribution in [0.1, 0.15) is 44.9 Å². The predicted octanol–water partition coefficient (Wildman–Crippen LogP) is 6.83. The lowest BCUT2D eigenvalue weighted by molar-refractivity contribution is 0.536. The zero-order valence-corrected chi connectivity index (χ0v) is 18.3. The van der Waals surface area contributed by atoms with Gasteiger partial charge in [0.2, 0.25) is 0 Å². The molecule has 2 heterocycles. The van der Waals surface area contributed by atoms with Gasteiger partial charge in [-0.05, 0) is 59.7 Å². The molecule has 1 fully saturated rings. The molecule has 0 radical (unpaired) electrons. The monoisotopic (exact) mass is 415 g/mol. The first-order valence-corrected chi connectivity index (χ1v) is 12.9. The molecule has 0 amide bonds. The molecule has 0 spiro atoms. The van der Waals surface area contributed by atoms with Gasteiger partial charge < -0.3 is 0 Å². The summed E-state index contributed by atoms with van der Waals surface area (Å²) in [5, 5.41) is 0.455. The van der Waals surface area contributed by atoms with Crippen LogP contribution in [0.15, 0.2) is 53.1 Å². The van der Waals surface area contributed by atoms with Gasteiger partial charge in [0.05, 0.1) is 8.07 Å². The van der Waals surface area contributed by atoms with Gasteiger partial charge in [-0.25, -0.2) is 0 Å². The van der Waals surface area contributed by atoms with Gasteiger partial charge in [-0.2, -0.15) is 0 Å². The number of hydrogen-bond donors (Lipinski definition) is 0. The van der Waals surface area contributed by atoms with Crippen molar-refractivity contribution in [1.82, 2.24) is 4.98 Å². The number of aromatic nitrogens is 1. The molecule has 1 nitrogen and oxygen atoms in total. The van der Waals surface area contributed by atoms with Gasteiger partial charge in [-0.3, -0.25) is 4.98 Å². The van der Waals surface area contributed by atoms with Gasteiger partial charge in [0.1, 0.15) is 0 Å². The van der Waals surface area contributed by atoms with E-state index in [2.05, 4.69) is 78.1 Å². The number of hydrogen-bond acceptors (Lipinski definition) is 1. The Morgan fingerprint density at radius 2 is 1.88 bits per heavy atom. The minimum Gasteiger partial charge on any atom is -0.262 e. The second-order valence-corrected chi connectivity index (χ2v) is 15.0. The second-order valence-electron chi connectivity index (χ2n) is 8.80. The topological polar surface area (TPSA) is 12.9 Å². The van der Waals surface area contributed by atoms with Gasteiger partial charge in [-0.1, -0.05) is 73.4 Å². The van der Waals surface area contributed by atoms with E-state index < -0.39 is 8.07 Å². The first-order valence-electron chi connectivity index (χ1n) is 9.52. The van der Waals surface area contributed by atoms with Crippen LogP contribution in [0.4, 0.5) is 0 Å². The summed E-state index contributed by atoms with van der Waals surface area (Å²) in [5.74, 6) is 0.901. The van der Waals surface area contributed by atoms with Crippen LogP contribution in [-0.2, 0) is 12.5 Å². The number of benzene rings is 1. The normalized spacial score (nSPS) is 23.8. The van der Waals surface area contributed by atoms with Gasteiger partial charge in [0.15, 0.2) is 0 Å². The number of pyridine rings is 1. The first kappa shape index (κ1) is 18.8. The zero-order valence-electron chi connectivity index (χ0n) is 15.8. The average molecular weight is 416 g/mol. The molecule has 1 saturated heterocycles. The highest BCUT2D eigenvalue weighted by Gasteiger charge is 2.49. The largest absolute Gasteiger partial charge is 0.262 e. The zero-order chi connectivity index (χ0) is 17.9. The molecule has 0 N–H and O–H groups in total. The minimum absolute atomic E-state index is 0.455. The van der Waals surface area contributed by atoms with Crippen molar-refractivity contribution in [1.29, 1.82) is 0 Å². The number of rotatable bonds is 5. The summed E-state index contributed by atoms with van der Waals surface area (Å²) in [7, 11) is -1.35. The number of halogens is 1. The van der Waals surface area contributed by atoms with Crippen LogP contribution in [0.25, 0.3) is 0 Å². The summed E-state index contributed by atoms with van der Waals surface area (Å²) in [6.07, 6.45) is 5.94. The predicted molar refractivity (Wildman–Crippen MR) is 114 cm³/mol. The molecule has 2 unspecified atom stereocenters. The van der Waals surface area contributed by atoms with Gasteiger partial charge in [-0.15, -0.1) is 0 Å². The molecule has 2 atom stereocenters. The van der Waals surface area contributed by atoms with Gasteiger partial charge in [0.25, 0.3) is 0 Å². The first-order chi connectivity index (χ1) is 11.9. The van der Waals surface area contributed by atoms with Crippen molar-refractivity contribution in [3.8, 4) is 0 Å². The van der Waals surface area contributed by atoms with Crippen molar-refractivity contribution in [2.24, 2.45) is 5.92 Å². The smallest absolute Gasteiger partial charge is 0.0653 e. The average Bonchev–Trinajstić information content (AvgIpc) is 3.00. The lowest BCUT2D eigenvalue weighted by Crippen LogP contribution is -2.44. The highest BCUT2D eigenvalue weighted by molar-refractivity contribution is 9.10. The molecule has 1 aromatic heterocycles. The summed E-state index contributed by atoms with van der Waals surface area (Å²) in [5.41, 5.74) is 2.79. The van der Waals surface area contributed by atoms with Crippen LogP contribution < -0.4 is 0 Å². The molecule has 3 rings (SSSR count). The summed E-state index contributed by atoms with van der Waals surface area (Å²) in [4.78, 5) is 4.66. The molecule has 134 valence electrons. The van der Waals surface area contributed by atoms with Crippen LogP contribution in [0.5, 0.6) is 0 Å². The maximum absolute atomic E-state index is 4.66. The van der Waals surface area contributed by atoms with E-state index in [1.54, 1.807) is 0 Å². The Bertz CT molecular complexity index is 677. The van der Waals surface area contributed by atoms with Crippen molar-refractivity contribution < 1.29 is 0 Å². The summed E-state index contributed by atoms with van der Waals surface area (Å²) >= 11 is 3.53. The molecule has 1 aromatic carbocycles. The van der Waals surface area contributed by atoms with Crippen molar-refractivity contribution >= 4 is 24.0 Å². The minimum atomic E-state index is -1.35. The SMILES string of the molecule is CC(C)(C)[Si]1(Cc2ccccn2)CCC(CCc2ccc(Br)cc2)C1. The van der Waals surface area contributed by atoms with E-state index in [4.69, 9.17) is 0 Å². The Hall–Kier alpha value is -0.933. The Kier molecular flexibility index (Phi) is 5.84. The highest BCUT2D eigenvalue weighted by atomic mass is 79.9. The third-order valence-electron chi connectivity index (χ3n) is 6.30. The van der Waals surface area contributed by atoms with Crippen molar-refractivity contribution in [3.05, 3.63) is 64.4 Å². The number of nitrogens with zero attached hydrogens (tertiary/aromatic N) is 1. The molecule has 1 aliphatic heterocycles. The molecule has 1 aliphatic rings. The molecule has 0 bridgehead atoms. The standard InChI is InChI=1S/C22H30BrNSi/c1-22(2,3)25(17-21-6-4-5-14-24-21)15-13-19(16-25)8-7-18-9-11-20(23)12-10-18/h4-6,9-12,14,19H,7-8,13,15-17H2,1-3H3. The molecule has 0 saturated carbocycles. The Morgan fingerprint density at radius 1 is 1.12 bits per heavy atom. The molecular weight excluding hydrogens is 386 g/mol. The number of aryl methyl sites for hydroxylation is 1. The van der Waals surface area contributed by atoms with E-state index in [0.29, 0.717) is 5.04 Å². The van der Waals surface area contributed by atoms with E-state index in [-0.39, 0.29) is 0 Å². The van der Waals surface area contributed by atoms with Crippen LogP contribution in [0.2, 0.25) is 17.1 Å². The Balaban J connectivity index is 1.66. The fourth-order valence-corrected chi connectivity index (χ4v) is 10.5. The van der Waals surface area contributed by atoms with Crippen LogP contribution in [0, 0.1) is 5.92 Å². The lowest BCUT2D eigenvalue weighted by Gasteiger charge is -2.40. The quantitative estimate of drug-likeness (QED) is 0.487. The summed E-state index contributed by atoms with van der Waals surface area (Å²) < 4.78 is 1.17. The third-order valence-corrected chi connectivity index (χ3v) is 13.7. The summed E-state index contributed by atoms with van der Waals surface area (Å²) in [6.45, 7) is 7.46. The van der Waals surface area contributed by atoms with Crippen molar-refractivity contribution in [2.75, 3.05) is 0 Å². The highest BCUT2D eigenvalue weighted by Crippen LogP contribution is 2.52. The Labute approximate surface area is 162 Å². The maximum atomic E-state index is 4.66. The molecular formula is C22H30BrNSi. The van der Waals surface area contributed by atoms with Crippen LogP contribution in [0.3, 0.4) is 0 Å². The maximum Gasteiger partial charge on any atom is 0.0653 e. The van der Waals surface area contributed by atoms with Gasteiger partial charge in [0, 0.05) is 16.4 Å². The van der Waals surface area contributed by atoms with Crippen molar-refractivity contribution in [2.45, 2.75) is 63.2 Å². The van der Waals surface area contributed by atoms with Gasteiger partial charge >= 0.3 is 0 Å². The third kappa shape index (κ3) is 4.62. The van der Waals surface area contributed by atoms with E-state index >= 15 is 0 Å². The van der Waals surface area contributed by atoms with Crippen LogP contribution in [-0.4, -0.2) is 13.1 Å². The molecule has 25 heavy (non-hydrogen) atoms. The van der Waals surface area contributed by atoms with E-state index in [9.17, 15) is 0 Å². The second kappa shape index (κ2) is 7.75.